The van der Waals surface area contributed by atoms with Gasteiger partial charge in [-0.2, -0.15) is 0 Å². The predicted octanol–water partition coefficient (Wildman–Crippen LogP) is 3.58. The molecule has 114 valence electrons. The zero-order valence-electron chi connectivity index (χ0n) is 13.7. The van der Waals surface area contributed by atoms with E-state index < -0.39 is 0 Å². The van der Waals surface area contributed by atoms with Crippen molar-refractivity contribution in [1.82, 2.24) is 5.32 Å². The van der Waals surface area contributed by atoms with E-state index >= 15 is 0 Å². The van der Waals surface area contributed by atoms with Crippen LogP contribution in [0.1, 0.15) is 60.8 Å². The Morgan fingerprint density at radius 1 is 1.16 bits per heavy atom. The third kappa shape index (κ3) is 6.23. The van der Waals surface area contributed by atoms with E-state index in [4.69, 9.17) is 4.74 Å². The smallest absolute Gasteiger partial charge is 0.220 e. The van der Waals surface area contributed by atoms with E-state index in [1.807, 2.05) is 6.92 Å². The predicted molar refractivity (Wildman–Crippen MR) is 85.2 cm³/mol. The van der Waals surface area contributed by atoms with E-state index in [0.29, 0.717) is 6.42 Å². The Labute approximate surface area is 121 Å². The molecule has 0 fully saturated rings. The van der Waals surface area contributed by atoms with Crippen molar-refractivity contribution < 1.29 is 9.53 Å². The average molecular weight is 289 g/mol. The van der Waals surface area contributed by atoms with Crippen LogP contribution in [0.2, 0.25) is 0 Å². The Balaban J connectivity index is 4.77. The number of hydrogen-bond donors (Lipinski definition) is 1. The van der Waals surface area contributed by atoms with Gasteiger partial charge in [0.05, 0.1) is 5.28 Å². The summed E-state index contributed by atoms with van der Waals surface area (Å²) in [6.45, 7) is 13.8. The van der Waals surface area contributed by atoms with Crippen molar-refractivity contribution in [3.05, 3.63) is 0 Å². The molecule has 2 unspecified atom stereocenters. The summed E-state index contributed by atoms with van der Waals surface area (Å²) in [5, 5.41) is 2.82. The second kappa shape index (κ2) is 7.04. The van der Waals surface area contributed by atoms with Gasteiger partial charge in [0.1, 0.15) is 0 Å². The van der Waals surface area contributed by atoms with Gasteiger partial charge in [0.2, 0.25) is 5.91 Å². The van der Waals surface area contributed by atoms with Crippen LogP contribution in [0.5, 0.6) is 0 Å². The molecular formula is C15H32NO2P. The Morgan fingerprint density at radius 3 is 2.11 bits per heavy atom. The van der Waals surface area contributed by atoms with Crippen molar-refractivity contribution in [3.8, 4) is 0 Å². The number of carbonyl (C=O) groups is 1. The fourth-order valence-corrected chi connectivity index (χ4v) is 2.98. The molecule has 3 nitrogen and oxygen atoms in total. The molecule has 0 aliphatic rings. The van der Waals surface area contributed by atoms with Crippen molar-refractivity contribution >= 4 is 15.1 Å². The van der Waals surface area contributed by atoms with E-state index in [1.54, 1.807) is 7.11 Å². The van der Waals surface area contributed by atoms with Crippen molar-refractivity contribution in [3.63, 3.8) is 0 Å². The van der Waals surface area contributed by atoms with Gasteiger partial charge in [0.15, 0.2) is 0 Å². The van der Waals surface area contributed by atoms with Crippen LogP contribution in [-0.2, 0) is 9.53 Å². The molecule has 0 saturated carbocycles. The molecule has 0 aromatic rings. The minimum Gasteiger partial charge on any atom is -0.385 e. The lowest BCUT2D eigenvalue weighted by Crippen LogP contribution is -2.47. The summed E-state index contributed by atoms with van der Waals surface area (Å²) in [5.74, 6) is 0.1000. The fraction of sp³-hybridized carbons (Fsp3) is 0.933. The third-order valence-corrected chi connectivity index (χ3v) is 4.67. The number of rotatable bonds is 8. The van der Waals surface area contributed by atoms with Crippen LogP contribution in [0.3, 0.4) is 0 Å². The van der Waals surface area contributed by atoms with Gasteiger partial charge in [-0.05, 0) is 30.6 Å². The molecule has 0 heterocycles. The largest absolute Gasteiger partial charge is 0.385 e. The van der Waals surface area contributed by atoms with Crippen molar-refractivity contribution in [2.45, 2.75) is 66.1 Å². The Kier molecular flexibility index (Phi) is 6.99. The van der Waals surface area contributed by atoms with Crippen LogP contribution in [0.4, 0.5) is 0 Å². The van der Waals surface area contributed by atoms with Gasteiger partial charge >= 0.3 is 0 Å². The molecule has 0 spiro atoms. The summed E-state index contributed by atoms with van der Waals surface area (Å²) < 4.78 is 5.21. The minimum atomic E-state index is -0.263. The zero-order chi connectivity index (χ0) is 15.3. The highest BCUT2D eigenvalue weighted by Crippen LogP contribution is 2.47. The van der Waals surface area contributed by atoms with Gasteiger partial charge in [-0.3, -0.25) is 4.79 Å². The molecule has 0 rings (SSSR count). The lowest BCUT2D eigenvalue weighted by molar-refractivity contribution is -0.122. The second-order valence-electron chi connectivity index (χ2n) is 7.01. The molecule has 19 heavy (non-hydrogen) atoms. The fourth-order valence-electron chi connectivity index (χ4n) is 2.30. The van der Waals surface area contributed by atoms with Crippen LogP contribution in [0, 0.1) is 10.8 Å². The Morgan fingerprint density at radius 2 is 1.68 bits per heavy atom. The molecule has 0 aromatic heterocycles. The van der Waals surface area contributed by atoms with Crippen LogP contribution < -0.4 is 5.32 Å². The number of ether oxygens (including phenoxy) is 1. The summed E-state index contributed by atoms with van der Waals surface area (Å²) in [4.78, 5) is 11.6. The van der Waals surface area contributed by atoms with Gasteiger partial charge < -0.3 is 10.1 Å². The first-order valence-corrected chi connectivity index (χ1v) is 7.64. The zero-order valence-corrected chi connectivity index (χ0v) is 14.9. The van der Waals surface area contributed by atoms with E-state index in [2.05, 4.69) is 49.2 Å². The number of hydrogen-bond acceptors (Lipinski definition) is 2. The van der Waals surface area contributed by atoms with Crippen molar-refractivity contribution in [1.29, 1.82) is 0 Å². The number of nitrogens with one attached hydrogen (secondary N) is 1. The highest BCUT2D eigenvalue weighted by molar-refractivity contribution is 7.18. The summed E-state index contributed by atoms with van der Waals surface area (Å²) in [5.41, 5.74) is 0.251. The van der Waals surface area contributed by atoms with Crippen LogP contribution >= 0.6 is 9.24 Å². The summed E-state index contributed by atoms with van der Waals surface area (Å²) in [6.07, 6.45) is 2.45. The molecule has 0 saturated heterocycles. The van der Waals surface area contributed by atoms with Gasteiger partial charge in [0.25, 0.3) is 0 Å². The second-order valence-corrected chi connectivity index (χ2v) is 8.28. The van der Waals surface area contributed by atoms with Crippen LogP contribution in [0.15, 0.2) is 0 Å². The van der Waals surface area contributed by atoms with Gasteiger partial charge in [-0.25, -0.2) is 0 Å². The third-order valence-electron chi connectivity index (χ3n) is 4.32. The van der Waals surface area contributed by atoms with Crippen molar-refractivity contribution in [2.24, 2.45) is 10.8 Å². The lowest BCUT2D eigenvalue weighted by Gasteiger charge is -2.46. The van der Waals surface area contributed by atoms with Gasteiger partial charge in [0, 0.05) is 20.1 Å². The van der Waals surface area contributed by atoms with E-state index in [1.165, 1.54) is 0 Å². The summed E-state index contributed by atoms with van der Waals surface area (Å²) in [7, 11) is 4.54. The molecule has 0 aliphatic heterocycles. The summed E-state index contributed by atoms with van der Waals surface area (Å²) >= 11 is 0. The number of carbonyl (C=O) groups excluding carboxylic acids is 1. The molecule has 0 radical (unpaired) electrons. The SMILES string of the molecule is CCC(=O)NC(C)(P)CC(C)(C)C(C)(C)CCOC. The average Bonchev–Trinajstić information content (AvgIpc) is 2.23. The molecule has 0 bridgehead atoms. The maximum atomic E-state index is 11.6. The number of methoxy groups -OCH3 is 1. The monoisotopic (exact) mass is 289 g/mol. The van der Waals surface area contributed by atoms with Crippen LogP contribution in [-0.4, -0.2) is 24.9 Å². The molecule has 1 amide bonds. The highest BCUT2D eigenvalue weighted by atomic mass is 31.0. The number of amides is 1. The first kappa shape index (κ1) is 18.9. The van der Waals surface area contributed by atoms with Gasteiger partial charge in [-0.1, -0.05) is 34.6 Å². The van der Waals surface area contributed by atoms with Gasteiger partial charge in [-0.15, -0.1) is 9.24 Å². The first-order valence-electron chi connectivity index (χ1n) is 7.06. The van der Waals surface area contributed by atoms with Crippen molar-refractivity contribution in [2.75, 3.05) is 13.7 Å². The standard InChI is InChI=1S/C15H32NO2P/c1-8-12(17)16-15(6,19)11-14(4,5)13(2,3)9-10-18-7/h8-11,19H2,1-7H3,(H,16,17). The Hall–Kier alpha value is -0.140. The quantitative estimate of drug-likeness (QED) is 0.694. The first-order chi connectivity index (χ1) is 8.47. The van der Waals surface area contributed by atoms with Crippen LogP contribution in [0.25, 0.3) is 0 Å². The lowest BCUT2D eigenvalue weighted by atomic mass is 9.63. The van der Waals surface area contributed by atoms with E-state index in [-0.39, 0.29) is 22.0 Å². The Bertz CT molecular complexity index is 299. The van der Waals surface area contributed by atoms with E-state index in [9.17, 15) is 4.79 Å². The molecule has 1 N–H and O–H groups in total. The molecule has 0 aromatic carbocycles. The van der Waals surface area contributed by atoms with E-state index in [0.717, 1.165) is 19.4 Å². The highest BCUT2D eigenvalue weighted by Gasteiger charge is 2.40. The molecule has 0 aliphatic carbocycles. The normalized spacial score (nSPS) is 16.0. The summed E-state index contributed by atoms with van der Waals surface area (Å²) in [6, 6.07) is 0. The minimum absolute atomic E-state index is 0.1000. The topological polar surface area (TPSA) is 38.3 Å². The maximum Gasteiger partial charge on any atom is 0.220 e. The molecule has 4 heteroatoms. The maximum absolute atomic E-state index is 11.6. The molecule has 2 atom stereocenters. The molecular weight excluding hydrogens is 257 g/mol.